The van der Waals surface area contributed by atoms with Crippen molar-refractivity contribution in [3.05, 3.63) is 23.8 Å². The van der Waals surface area contributed by atoms with Gasteiger partial charge in [-0.15, -0.1) is 0 Å². The number of nitrogens with one attached hydrogen (secondary N) is 2. The van der Waals surface area contributed by atoms with E-state index < -0.39 is 0 Å². The van der Waals surface area contributed by atoms with Gasteiger partial charge in [0.15, 0.2) is 0 Å². The molecule has 0 aliphatic carbocycles. The lowest BCUT2D eigenvalue weighted by Crippen LogP contribution is -2.16. The number of ether oxygens (including phenoxy) is 1. The Morgan fingerprint density at radius 3 is 2.78 bits per heavy atom. The number of anilines is 2. The first kappa shape index (κ1) is 14.3. The molecule has 0 radical (unpaired) electrons. The first-order valence-electron chi connectivity index (χ1n) is 5.98. The predicted molar refractivity (Wildman–Crippen MR) is 76.4 cm³/mol. The highest BCUT2D eigenvalue weighted by molar-refractivity contribution is 5.98. The second-order valence-corrected chi connectivity index (χ2v) is 4.39. The number of hydrogen-bond donors (Lipinski definition) is 3. The lowest BCUT2D eigenvalue weighted by molar-refractivity contribution is 0.270. The van der Waals surface area contributed by atoms with Crippen LogP contribution in [0.25, 0.3) is 0 Å². The minimum absolute atomic E-state index is 0.158. The summed E-state index contributed by atoms with van der Waals surface area (Å²) in [6.45, 7) is 1.48. The molecule has 0 aromatic heterocycles. The molecule has 1 aromatic rings. The fourth-order valence-corrected chi connectivity index (χ4v) is 1.60. The Morgan fingerprint density at radius 1 is 1.44 bits per heavy atom. The van der Waals surface area contributed by atoms with E-state index in [0.717, 1.165) is 18.7 Å². The zero-order valence-electron chi connectivity index (χ0n) is 11.3. The Balaban J connectivity index is 2.58. The summed E-state index contributed by atoms with van der Waals surface area (Å²) < 4.78 is 5.44. The van der Waals surface area contributed by atoms with E-state index in [1.54, 1.807) is 12.1 Å². The van der Waals surface area contributed by atoms with Crippen LogP contribution in [0.2, 0.25) is 0 Å². The minimum Gasteiger partial charge on any atom is -0.478 e. The Labute approximate surface area is 108 Å². The van der Waals surface area contributed by atoms with Gasteiger partial charge in [0, 0.05) is 25.0 Å². The number of nitrogens with zero attached hydrogens (tertiary/aromatic N) is 1. The van der Waals surface area contributed by atoms with E-state index in [-0.39, 0.29) is 5.90 Å². The third-order valence-corrected chi connectivity index (χ3v) is 2.55. The van der Waals surface area contributed by atoms with Crippen molar-refractivity contribution in [2.24, 2.45) is 0 Å². The third-order valence-electron chi connectivity index (χ3n) is 2.55. The molecule has 0 heterocycles. The Kier molecular flexibility index (Phi) is 5.45. The quantitative estimate of drug-likeness (QED) is 0.310. The van der Waals surface area contributed by atoms with Gasteiger partial charge in [-0.05, 0) is 38.7 Å². The molecule has 0 aliphatic rings. The molecular formula is C13H22N4O. The summed E-state index contributed by atoms with van der Waals surface area (Å²) in [6, 6.07) is 5.40. The van der Waals surface area contributed by atoms with Crippen LogP contribution in [0, 0.1) is 5.41 Å². The molecule has 100 valence electrons. The number of hydrogen-bond acceptors (Lipinski definition) is 5. The van der Waals surface area contributed by atoms with Crippen LogP contribution < -0.4 is 11.1 Å². The van der Waals surface area contributed by atoms with Crippen molar-refractivity contribution in [3.8, 4) is 0 Å². The minimum atomic E-state index is 0.158. The molecule has 0 amide bonds. The van der Waals surface area contributed by atoms with Gasteiger partial charge in [-0.3, -0.25) is 5.41 Å². The zero-order chi connectivity index (χ0) is 13.5. The lowest BCUT2D eigenvalue weighted by atomic mass is 10.1. The van der Waals surface area contributed by atoms with Crippen molar-refractivity contribution in [1.82, 2.24) is 4.90 Å². The monoisotopic (exact) mass is 250 g/mol. The molecule has 0 bridgehead atoms. The highest BCUT2D eigenvalue weighted by atomic mass is 16.5. The molecule has 4 N–H and O–H groups in total. The van der Waals surface area contributed by atoms with Crippen LogP contribution in [0.1, 0.15) is 12.0 Å². The molecule has 18 heavy (non-hydrogen) atoms. The third kappa shape index (κ3) is 4.25. The summed E-state index contributed by atoms with van der Waals surface area (Å²) in [6.07, 6.45) is 0.895. The summed E-state index contributed by atoms with van der Waals surface area (Å²) in [7, 11) is 5.85. The van der Waals surface area contributed by atoms with Gasteiger partial charge in [-0.2, -0.15) is 0 Å². The van der Waals surface area contributed by atoms with Crippen molar-refractivity contribution in [2.45, 2.75) is 6.42 Å². The van der Waals surface area contributed by atoms with E-state index in [2.05, 4.69) is 10.2 Å². The van der Waals surface area contributed by atoms with Crippen molar-refractivity contribution in [3.63, 3.8) is 0 Å². The van der Waals surface area contributed by atoms with Crippen LogP contribution in [-0.2, 0) is 4.74 Å². The average molecular weight is 250 g/mol. The summed E-state index contributed by atoms with van der Waals surface area (Å²) in [5.41, 5.74) is 7.90. The zero-order valence-corrected chi connectivity index (χ0v) is 11.3. The summed E-state index contributed by atoms with van der Waals surface area (Å²) >= 11 is 0. The molecule has 5 nitrogen and oxygen atoms in total. The smallest absolute Gasteiger partial charge is 0.215 e. The van der Waals surface area contributed by atoms with Gasteiger partial charge in [0.2, 0.25) is 5.90 Å². The second-order valence-electron chi connectivity index (χ2n) is 4.39. The molecule has 0 fully saturated rings. The van der Waals surface area contributed by atoms with E-state index in [9.17, 15) is 0 Å². The van der Waals surface area contributed by atoms with Crippen molar-refractivity contribution in [2.75, 3.05) is 45.3 Å². The van der Waals surface area contributed by atoms with Crippen molar-refractivity contribution in [1.29, 1.82) is 5.41 Å². The second kappa shape index (κ2) is 6.86. The maximum absolute atomic E-state index is 7.92. The van der Waals surface area contributed by atoms with Crippen LogP contribution in [0.5, 0.6) is 0 Å². The lowest BCUT2D eigenvalue weighted by Gasteiger charge is -2.13. The van der Waals surface area contributed by atoms with Gasteiger partial charge in [-0.25, -0.2) is 0 Å². The van der Waals surface area contributed by atoms with Crippen LogP contribution in [0.4, 0.5) is 11.4 Å². The molecule has 0 spiro atoms. The molecular weight excluding hydrogens is 228 g/mol. The Morgan fingerprint density at radius 2 is 2.17 bits per heavy atom. The maximum atomic E-state index is 7.92. The van der Waals surface area contributed by atoms with Crippen LogP contribution >= 0.6 is 0 Å². The summed E-state index contributed by atoms with van der Waals surface area (Å²) in [5.74, 6) is 0.158. The molecule has 0 aliphatic heterocycles. The van der Waals surface area contributed by atoms with E-state index >= 15 is 0 Å². The molecule has 0 saturated carbocycles. The number of nitrogen functional groups attached to an aromatic ring is 1. The van der Waals surface area contributed by atoms with Gasteiger partial charge in [0.25, 0.3) is 0 Å². The van der Waals surface area contributed by atoms with E-state index in [1.807, 2.05) is 27.2 Å². The van der Waals surface area contributed by atoms with Gasteiger partial charge in [-0.1, -0.05) is 0 Å². The highest BCUT2D eigenvalue weighted by Crippen LogP contribution is 2.19. The van der Waals surface area contributed by atoms with Gasteiger partial charge < -0.3 is 20.7 Å². The Hall–Kier alpha value is -1.75. The predicted octanol–water partition coefficient (Wildman–Crippen LogP) is 1.60. The maximum Gasteiger partial charge on any atom is 0.215 e. The van der Waals surface area contributed by atoms with E-state index in [0.29, 0.717) is 17.9 Å². The Bertz CT molecular complexity index is 404. The van der Waals surface area contributed by atoms with Crippen LogP contribution in [0.15, 0.2) is 18.2 Å². The van der Waals surface area contributed by atoms with Gasteiger partial charge >= 0.3 is 0 Å². The largest absolute Gasteiger partial charge is 0.478 e. The van der Waals surface area contributed by atoms with Crippen molar-refractivity contribution < 1.29 is 4.74 Å². The van der Waals surface area contributed by atoms with Gasteiger partial charge in [0.1, 0.15) is 0 Å². The number of benzene rings is 1. The van der Waals surface area contributed by atoms with E-state index in [1.165, 1.54) is 0 Å². The molecule has 0 atom stereocenters. The summed E-state index contributed by atoms with van der Waals surface area (Å²) in [4.78, 5) is 2.09. The normalized spacial score (nSPS) is 10.4. The molecule has 1 rings (SSSR count). The number of nitrogens with two attached hydrogens (primary N) is 1. The van der Waals surface area contributed by atoms with Gasteiger partial charge in [0.05, 0.1) is 12.2 Å². The fourth-order valence-electron chi connectivity index (χ4n) is 1.60. The van der Waals surface area contributed by atoms with Crippen LogP contribution in [0.3, 0.4) is 0 Å². The topological polar surface area (TPSA) is 74.4 Å². The average Bonchev–Trinajstić information content (AvgIpc) is 2.34. The molecule has 0 saturated heterocycles. The summed E-state index contributed by atoms with van der Waals surface area (Å²) in [5, 5.41) is 11.0. The number of rotatable bonds is 6. The van der Waals surface area contributed by atoms with E-state index in [4.69, 9.17) is 15.9 Å². The van der Waals surface area contributed by atoms with Crippen molar-refractivity contribution >= 4 is 17.3 Å². The highest BCUT2D eigenvalue weighted by Gasteiger charge is 2.08. The fraction of sp³-hybridized carbons (Fsp3) is 0.462. The SMILES string of the molecule is CNc1ccc(N)cc1C(=N)OCCCN(C)C. The molecule has 1 aromatic carbocycles. The molecule has 5 heteroatoms. The van der Waals surface area contributed by atoms with Crippen LogP contribution in [-0.4, -0.2) is 45.1 Å². The first-order chi connectivity index (χ1) is 8.54. The molecule has 0 unspecified atom stereocenters. The first-order valence-corrected chi connectivity index (χ1v) is 5.98. The standard InChI is InChI=1S/C13H22N4O/c1-16-12-6-5-10(14)9-11(12)13(15)18-8-4-7-17(2)3/h5-6,9,15-16H,4,7-8,14H2,1-3H3.